The first-order valence-corrected chi connectivity index (χ1v) is 6.30. The summed E-state index contributed by atoms with van der Waals surface area (Å²) >= 11 is 0. The minimum Gasteiger partial charge on any atom is -0.338 e. The first-order valence-electron chi connectivity index (χ1n) is 6.30. The molecule has 2 rings (SSSR count). The molecule has 2 aliphatic carbocycles. The zero-order chi connectivity index (χ0) is 10.7. The summed E-state index contributed by atoms with van der Waals surface area (Å²) in [6.45, 7) is 2.97. The lowest BCUT2D eigenvalue weighted by Gasteiger charge is -2.15. The average Bonchev–Trinajstić information content (AvgIpc) is 2.93. The van der Waals surface area contributed by atoms with Gasteiger partial charge >= 0.3 is 6.03 Å². The second kappa shape index (κ2) is 4.86. The van der Waals surface area contributed by atoms with Crippen molar-refractivity contribution in [1.82, 2.24) is 10.6 Å². The molecule has 0 radical (unpaired) electrons. The minimum absolute atomic E-state index is 0.0290. The molecule has 2 saturated carbocycles. The highest BCUT2D eigenvalue weighted by Gasteiger charge is 2.28. The number of carbonyl (C=O) groups excluding carboxylic acids is 1. The van der Waals surface area contributed by atoms with Crippen molar-refractivity contribution in [3.05, 3.63) is 0 Å². The molecule has 0 bridgehead atoms. The van der Waals surface area contributed by atoms with Gasteiger partial charge in [0.2, 0.25) is 0 Å². The Labute approximate surface area is 92.0 Å². The van der Waals surface area contributed by atoms with E-state index in [-0.39, 0.29) is 6.03 Å². The van der Waals surface area contributed by atoms with Crippen molar-refractivity contribution in [2.45, 2.75) is 51.5 Å². The maximum absolute atomic E-state index is 11.5. The molecule has 0 saturated heterocycles. The van der Waals surface area contributed by atoms with E-state index in [2.05, 4.69) is 17.6 Å². The molecular weight excluding hydrogens is 188 g/mol. The number of hydrogen-bond donors (Lipinski definition) is 2. The molecule has 0 aromatic rings. The third-order valence-electron chi connectivity index (χ3n) is 3.71. The van der Waals surface area contributed by atoms with Gasteiger partial charge in [-0.2, -0.15) is 0 Å². The van der Waals surface area contributed by atoms with E-state index in [1.165, 1.54) is 38.5 Å². The van der Waals surface area contributed by atoms with Crippen molar-refractivity contribution in [3.8, 4) is 0 Å². The molecule has 0 aromatic heterocycles. The van der Waals surface area contributed by atoms with Crippen molar-refractivity contribution < 1.29 is 4.79 Å². The van der Waals surface area contributed by atoms with Gasteiger partial charge in [0.05, 0.1) is 0 Å². The maximum atomic E-state index is 11.5. The summed E-state index contributed by atoms with van der Waals surface area (Å²) in [5.41, 5.74) is 0. The fraction of sp³-hybridized carbons (Fsp3) is 0.917. The summed E-state index contributed by atoms with van der Waals surface area (Å²) in [6, 6.07) is 0.384. The van der Waals surface area contributed by atoms with Gasteiger partial charge in [-0.25, -0.2) is 4.79 Å². The summed E-state index contributed by atoms with van der Waals surface area (Å²) in [7, 11) is 0. The monoisotopic (exact) mass is 210 g/mol. The van der Waals surface area contributed by atoms with E-state index in [4.69, 9.17) is 0 Å². The summed E-state index contributed by atoms with van der Waals surface area (Å²) < 4.78 is 0. The Morgan fingerprint density at radius 3 is 2.53 bits per heavy atom. The van der Waals surface area contributed by atoms with Crippen LogP contribution in [0, 0.1) is 11.8 Å². The first kappa shape index (κ1) is 10.8. The fourth-order valence-corrected chi connectivity index (χ4v) is 2.42. The van der Waals surface area contributed by atoms with Crippen LogP contribution in [0.2, 0.25) is 0 Å². The van der Waals surface area contributed by atoms with Gasteiger partial charge in [-0.1, -0.05) is 12.8 Å². The summed E-state index contributed by atoms with van der Waals surface area (Å²) in [4.78, 5) is 11.5. The Balaban J connectivity index is 1.59. The van der Waals surface area contributed by atoms with Crippen LogP contribution in [-0.4, -0.2) is 18.6 Å². The van der Waals surface area contributed by atoms with Gasteiger partial charge in [0.1, 0.15) is 0 Å². The Morgan fingerprint density at radius 2 is 1.93 bits per heavy atom. The Hall–Kier alpha value is -0.730. The SMILES string of the molecule is CC(NC(=O)NCC1CCCC1)C1CC1. The van der Waals surface area contributed by atoms with E-state index in [9.17, 15) is 4.79 Å². The van der Waals surface area contributed by atoms with Crippen LogP contribution in [0.1, 0.15) is 45.4 Å². The van der Waals surface area contributed by atoms with Crippen molar-refractivity contribution in [1.29, 1.82) is 0 Å². The number of nitrogens with one attached hydrogen (secondary N) is 2. The van der Waals surface area contributed by atoms with E-state index in [0.29, 0.717) is 6.04 Å². The van der Waals surface area contributed by atoms with Crippen LogP contribution in [0.4, 0.5) is 4.79 Å². The van der Waals surface area contributed by atoms with Gasteiger partial charge in [-0.15, -0.1) is 0 Å². The molecule has 0 aliphatic heterocycles. The Bertz CT molecular complexity index is 220. The van der Waals surface area contributed by atoms with E-state index in [0.717, 1.165) is 18.4 Å². The van der Waals surface area contributed by atoms with Gasteiger partial charge in [0, 0.05) is 12.6 Å². The van der Waals surface area contributed by atoms with Crippen LogP contribution < -0.4 is 10.6 Å². The standard InChI is InChI=1S/C12H22N2O/c1-9(11-6-7-11)14-12(15)13-8-10-4-2-3-5-10/h9-11H,2-8H2,1H3,(H2,13,14,15). The van der Waals surface area contributed by atoms with Crippen LogP contribution in [0.5, 0.6) is 0 Å². The number of rotatable bonds is 4. The smallest absolute Gasteiger partial charge is 0.315 e. The normalized spacial score (nSPS) is 23.8. The second-order valence-electron chi connectivity index (χ2n) is 5.13. The van der Waals surface area contributed by atoms with E-state index in [1.807, 2.05) is 0 Å². The van der Waals surface area contributed by atoms with Crippen molar-refractivity contribution in [3.63, 3.8) is 0 Å². The molecular formula is C12H22N2O. The highest BCUT2D eigenvalue weighted by atomic mass is 16.2. The maximum Gasteiger partial charge on any atom is 0.315 e. The quantitative estimate of drug-likeness (QED) is 0.734. The van der Waals surface area contributed by atoms with Crippen LogP contribution in [0.15, 0.2) is 0 Å². The molecule has 0 aromatic carbocycles. The predicted octanol–water partition coefficient (Wildman–Crippen LogP) is 2.27. The van der Waals surface area contributed by atoms with E-state index >= 15 is 0 Å². The molecule has 3 nitrogen and oxygen atoms in total. The second-order valence-corrected chi connectivity index (χ2v) is 5.13. The number of hydrogen-bond acceptors (Lipinski definition) is 1. The fourth-order valence-electron chi connectivity index (χ4n) is 2.42. The highest BCUT2D eigenvalue weighted by Crippen LogP contribution is 2.32. The molecule has 86 valence electrons. The van der Waals surface area contributed by atoms with Crippen LogP contribution >= 0.6 is 0 Å². The molecule has 2 amide bonds. The van der Waals surface area contributed by atoms with Crippen LogP contribution in [-0.2, 0) is 0 Å². The topological polar surface area (TPSA) is 41.1 Å². The summed E-state index contributed by atoms with van der Waals surface area (Å²) in [6.07, 6.45) is 7.82. The lowest BCUT2D eigenvalue weighted by Crippen LogP contribution is -2.43. The minimum atomic E-state index is 0.0290. The lowest BCUT2D eigenvalue weighted by molar-refractivity contribution is 0.234. The van der Waals surface area contributed by atoms with Crippen molar-refractivity contribution >= 4 is 6.03 Å². The van der Waals surface area contributed by atoms with Crippen molar-refractivity contribution in [2.24, 2.45) is 11.8 Å². The van der Waals surface area contributed by atoms with Gasteiger partial charge in [0.25, 0.3) is 0 Å². The predicted molar refractivity (Wildman–Crippen MR) is 60.7 cm³/mol. The lowest BCUT2D eigenvalue weighted by atomic mass is 10.1. The Kier molecular flexibility index (Phi) is 3.49. The third kappa shape index (κ3) is 3.40. The molecule has 1 atom stereocenters. The van der Waals surface area contributed by atoms with Crippen molar-refractivity contribution in [2.75, 3.05) is 6.54 Å². The number of urea groups is 1. The zero-order valence-corrected chi connectivity index (χ0v) is 9.59. The first-order chi connectivity index (χ1) is 7.25. The van der Waals surface area contributed by atoms with Crippen LogP contribution in [0.3, 0.4) is 0 Å². The van der Waals surface area contributed by atoms with Gasteiger partial charge in [0.15, 0.2) is 0 Å². The molecule has 0 heterocycles. The number of amides is 2. The largest absolute Gasteiger partial charge is 0.338 e. The zero-order valence-electron chi connectivity index (χ0n) is 9.59. The molecule has 15 heavy (non-hydrogen) atoms. The van der Waals surface area contributed by atoms with Gasteiger partial charge in [-0.05, 0) is 44.4 Å². The summed E-state index contributed by atoms with van der Waals surface area (Å²) in [5.74, 6) is 1.47. The van der Waals surface area contributed by atoms with Gasteiger partial charge in [-0.3, -0.25) is 0 Å². The molecule has 1 unspecified atom stereocenters. The van der Waals surface area contributed by atoms with E-state index < -0.39 is 0 Å². The van der Waals surface area contributed by atoms with E-state index in [1.54, 1.807) is 0 Å². The molecule has 2 N–H and O–H groups in total. The Morgan fingerprint density at radius 1 is 1.27 bits per heavy atom. The van der Waals surface area contributed by atoms with Gasteiger partial charge < -0.3 is 10.6 Å². The molecule has 3 heteroatoms. The van der Waals surface area contributed by atoms with Crippen LogP contribution in [0.25, 0.3) is 0 Å². The molecule has 0 spiro atoms. The third-order valence-corrected chi connectivity index (χ3v) is 3.71. The molecule has 2 aliphatic rings. The summed E-state index contributed by atoms with van der Waals surface area (Å²) in [5, 5.41) is 6.00. The highest BCUT2D eigenvalue weighted by molar-refractivity contribution is 5.74. The number of carbonyl (C=O) groups is 1. The molecule has 2 fully saturated rings. The average molecular weight is 210 g/mol.